The summed E-state index contributed by atoms with van der Waals surface area (Å²) < 4.78 is 0. The van der Waals surface area contributed by atoms with Gasteiger partial charge in [0.1, 0.15) is 0 Å². The molecule has 2 rings (SSSR count). The minimum Gasteiger partial charge on any atom is -0.330 e. The summed E-state index contributed by atoms with van der Waals surface area (Å²) in [6.07, 6.45) is 8.76. The fourth-order valence-electron chi connectivity index (χ4n) is 2.62. The molecule has 1 aliphatic carbocycles. The van der Waals surface area contributed by atoms with E-state index in [1.54, 1.807) is 0 Å². The molecule has 1 aromatic carbocycles. The van der Waals surface area contributed by atoms with Gasteiger partial charge in [-0.1, -0.05) is 36.8 Å². The zero-order valence-corrected chi connectivity index (χ0v) is 11.1. The van der Waals surface area contributed by atoms with Gasteiger partial charge in [0, 0.05) is 12.0 Å². The molecule has 18 heavy (non-hydrogen) atoms. The smallest absolute Gasteiger partial charge is 0.0247 e. The number of benzene rings is 1. The van der Waals surface area contributed by atoms with E-state index in [9.17, 15) is 0 Å². The van der Waals surface area contributed by atoms with Gasteiger partial charge in [-0.25, -0.2) is 0 Å². The Morgan fingerprint density at radius 1 is 1.22 bits per heavy atom. The van der Waals surface area contributed by atoms with Crippen LogP contribution < -0.4 is 5.73 Å². The van der Waals surface area contributed by atoms with Crippen LogP contribution in [0.2, 0.25) is 0 Å². The summed E-state index contributed by atoms with van der Waals surface area (Å²) >= 11 is 0. The van der Waals surface area contributed by atoms with Crippen LogP contribution >= 0.6 is 0 Å². The van der Waals surface area contributed by atoms with Crippen LogP contribution in [0.3, 0.4) is 0 Å². The van der Waals surface area contributed by atoms with Crippen LogP contribution in [0.1, 0.15) is 49.7 Å². The Kier molecular flexibility index (Phi) is 5.30. The average Bonchev–Trinajstić information content (AvgIpc) is 2.90. The predicted molar refractivity (Wildman–Crippen MR) is 77.3 cm³/mol. The van der Waals surface area contributed by atoms with Gasteiger partial charge >= 0.3 is 0 Å². The molecule has 0 saturated heterocycles. The Bertz CT molecular complexity index is 419. The molecule has 1 aliphatic rings. The first-order valence-corrected chi connectivity index (χ1v) is 7.16. The van der Waals surface area contributed by atoms with Crippen molar-refractivity contribution >= 4 is 0 Å². The van der Waals surface area contributed by atoms with Gasteiger partial charge in [-0.05, 0) is 55.8 Å². The van der Waals surface area contributed by atoms with Gasteiger partial charge in [0.25, 0.3) is 0 Å². The zero-order valence-electron chi connectivity index (χ0n) is 11.1. The first-order chi connectivity index (χ1) is 8.88. The Hall–Kier alpha value is -1.26. The highest BCUT2D eigenvalue weighted by atomic mass is 14.5. The van der Waals surface area contributed by atoms with E-state index < -0.39 is 0 Å². The van der Waals surface area contributed by atoms with Gasteiger partial charge < -0.3 is 5.73 Å². The number of hydrogen-bond acceptors (Lipinski definition) is 1. The van der Waals surface area contributed by atoms with Crippen molar-refractivity contribution in [3.8, 4) is 11.8 Å². The van der Waals surface area contributed by atoms with Crippen molar-refractivity contribution in [2.45, 2.75) is 44.9 Å². The Balaban J connectivity index is 1.89. The Morgan fingerprint density at radius 3 is 2.83 bits per heavy atom. The van der Waals surface area contributed by atoms with Crippen molar-refractivity contribution < 1.29 is 0 Å². The standard InChI is InChI=1S/C17H23N/c18-13-5-12-17-11-4-10-16(14-17)9-3-8-15-6-1-2-7-15/h4,10-11,14-15H,1-2,5-8,12-13,18H2. The molecule has 1 saturated carbocycles. The van der Waals surface area contributed by atoms with Crippen LogP contribution in [0.4, 0.5) is 0 Å². The van der Waals surface area contributed by atoms with Gasteiger partial charge in [-0.15, -0.1) is 0 Å². The normalized spacial score (nSPS) is 15.4. The zero-order chi connectivity index (χ0) is 12.6. The maximum atomic E-state index is 5.54. The molecular formula is C17H23N. The Morgan fingerprint density at radius 2 is 2.06 bits per heavy atom. The second-order valence-electron chi connectivity index (χ2n) is 5.25. The SMILES string of the molecule is NCCCc1cccc(C#CCC2CCCC2)c1. The van der Waals surface area contributed by atoms with E-state index in [1.807, 2.05) is 0 Å². The van der Waals surface area contributed by atoms with E-state index in [4.69, 9.17) is 5.73 Å². The molecule has 2 N–H and O–H groups in total. The third kappa shape index (κ3) is 4.20. The maximum Gasteiger partial charge on any atom is 0.0247 e. The topological polar surface area (TPSA) is 26.0 Å². The fraction of sp³-hybridized carbons (Fsp3) is 0.529. The number of hydrogen-bond donors (Lipinski definition) is 1. The van der Waals surface area contributed by atoms with Gasteiger partial charge in [0.2, 0.25) is 0 Å². The summed E-state index contributed by atoms with van der Waals surface area (Å²) in [7, 11) is 0. The predicted octanol–water partition coefficient (Wildman–Crippen LogP) is 3.51. The van der Waals surface area contributed by atoms with Crippen molar-refractivity contribution in [2.75, 3.05) is 6.54 Å². The molecule has 0 bridgehead atoms. The van der Waals surface area contributed by atoms with Crippen LogP contribution in [-0.4, -0.2) is 6.54 Å². The van der Waals surface area contributed by atoms with Crippen molar-refractivity contribution in [1.82, 2.24) is 0 Å². The lowest BCUT2D eigenvalue weighted by molar-refractivity contribution is 0.567. The second kappa shape index (κ2) is 7.24. The van der Waals surface area contributed by atoms with Gasteiger partial charge in [0.15, 0.2) is 0 Å². The molecular weight excluding hydrogens is 218 g/mol. The average molecular weight is 241 g/mol. The summed E-state index contributed by atoms with van der Waals surface area (Å²) in [5.41, 5.74) is 8.05. The molecule has 0 amide bonds. The molecule has 0 unspecified atom stereocenters. The molecule has 0 atom stereocenters. The third-order valence-corrected chi connectivity index (χ3v) is 3.69. The highest BCUT2D eigenvalue weighted by molar-refractivity contribution is 5.37. The van der Waals surface area contributed by atoms with E-state index in [0.717, 1.165) is 37.3 Å². The summed E-state index contributed by atoms with van der Waals surface area (Å²) in [6, 6.07) is 8.58. The molecule has 96 valence electrons. The highest BCUT2D eigenvalue weighted by Gasteiger charge is 2.12. The Labute approximate surface area is 111 Å². The largest absolute Gasteiger partial charge is 0.330 e. The number of aryl methyl sites for hydroxylation is 1. The van der Waals surface area contributed by atoms with Crippen LogP contribution in [0, 0.1) is 17.8 Å². The lowest BCUT2D eigenvalue weighted by Crippen LogP contribution is -2.00. The summed E-state index contributed by atoms with van der Waals surface area (Å²) in [4.78, 5) is 0. The van der Waals surface area contributed by atoms with Gasteiger partial charge in [-0.3, -0.25) is 0 Å². The van der Waals surface area contributed by atoms with Crippen molar-refractivity contribution in [3.63, 3.8) is 0 Å². The van der Waals surface area contributed by atoms with Crippen LogP contribution in [0.25, 0.3) is 0 Å². The monoisotopic (exact) mass is 241 g/mol. The van der Waals surface area contributed by atoms with E-state index in [-0.39, 0.29) is 0 Å². The number of nitrogens with two attached hydrogens (primary N) is 1. The first kappa shape index (κ1) is 13.2. The molecule has 1 aromatic rings. The molecule has 0 aromatic heterocycles. The molecule has 1 fully saturated rings. The van der Waals surface area contributed by atoms with Crippen LogP contribution in [0.15, 0.2) is 24.3 Å². The summed E-state index contributed by atoms with van der Waals surface area (Å²) in [6.45, 7) is 0.761. The molecule has 0 radical (unpaired) electrons. The lowest BCUT2D eigenvalue weighted by Gasteiger charge is -2.01. The summed E-state index contributed by atoms with van der Waals surface area (Å²) in [5, 5.41) is 0. The van der Waals surface area contributed by atoms with Gasteiger partial charge in [-0.2, -0.15) is 0 Å². The quantitative estimate of drug-likeness (QED) is 0.802. The van der Waals surface area contributed by atoms with Crippen LogP contribution in [0.5, 0.6) is 0 Å². The second-order valence-corrected chi connectivity index (χ2v) is 5.25. The maximum absolute atomic E-state index is 5.54. The molecule has 1 nitrogen and oxygen atoms in total. The fourth-order valence-corrected chi connectivity index (χ4v) is 2.62. The van der Waals surface area contributed by atoms with Crippen LogP contribution in [-0.2, 0) is 6.42 Å². The first-order valence-electron chi connectivity index (χ1n) is 7.16. The number of rotatable bonds is 4. The van der Waals surface area contributed by atoms with Gasteiger partial charge in [0.05, 0.1) is 0 Å². The molecule has 0 spiro atoms. The van der Waals surface area contributed by atoms with Crippen molar-refractivity contribution in [1.29, 1.82) is 0 Å². The van der Waals surface area contributed by atoms with E-state index in [2.05, 4.69) is 36.1 Å². The lowest BCUT2D eigenvalue weighted by atomic mass is 10.0. The minimum atomic E-state index is 0.761. The molecule has 0 heterocycles. The highest BCUT2D eigenvalue weighted by Crippen LogP contribution is 2.26. The third-order valence-electron chi connectivity index (χ3n) is 3.69. The van der Waals surface area contributed by atoms with Crippen molar-refractivity contribution in [2.24, 2.45) is 11.7 Å². The summed E-state index contributed by atoms with van der Waals surface area (Å²) in [5.74, 6) is 7.52. The molecule has 0 aliphatic heterocycles. The minimum absolute atomic E-state index is 0.761. The van der Waals surface area contributed by atoms with E-state index in [1.165, 1.54) is 31.2 Å². The van der Waals surface area contributed by atoms with E-state index in [0.29, 0.717) is 0 Å². The van der Waals surface area contributed by atoms with Crippen molar-refractivity contribution in [3.05, 3.63) is 35.4 Å². The van der Waals surface area contributed by atoms with E-state index >= 15 is 0 Å². The molecule has 1 heteroatoms.